The first-order valence-corrected chi connectivity index (χ1v) is 12.4. The largest absolute Gasteiger partial charge is 0.383 e. The second-order valence-corrected chi connectivity index (χ2v) is 9.61. The molecule has 0 fully saturated rings. The number of fused-ring (bicyclic) bond motifs is 1. The van der Waals surface area contributed by atoms with E-state index >= 15 is 0 Å². The van der Waals surface area contributed by atoms with Crippen molar-refractivity contribution in [2.45, 2.75) is 59.5 Å². The molecule has 7 heteroatoms. The molecule has 0 bridgehead atoms. The summed E-state index contributed by atoms with van der Waals surface area (Å²) in [5, 5.41) is 3.62. The minimum absolute atomic E-state index is 0.115. The molecule has 3 rings (SSSR count). The molecule has 1 N–H and O–H groups in total. The highest BCUT2D eigenvalue weighted by Gasteiger charge is 2.29. The fourth-order valence-electron chi connectivity index (χ4n) is 4.27. The summed E-state index contributed by atoms with van der Waals surface area (Å²) in [5.41, 5.74) is 2.48. The Bertz CT molecular complexity index is 1190. The van der Waals surface area contributed by atoms with E-state index in [-0.39, 0.29) is 23.6 Å². The minimum atomic E-state index is -0.374. The summed E-state index contributed by atoms with van der Waals surface area (Å²) >= 11 is 0. The number of rotatable bonds is 10. The van der Waals surface area contributed by atoms with Crippen LogP contribution in [0.2, 0.25) is 0 Å². The molecular formula is C28H38N4O3. The molecule has 1 atom stereocenters. The fourth-order valence-corrected chi connectivity index (χ4v) is 4.27. The zero-order chi connectivity index (χ0) is 25.5. The van der Waals surface area contributed by atoms with E-state index in [1.165, 1.54) is 5.56 Å². The molecule has 0 aliphatic heterocycles. The van der Waals surface area contributed by atoms with Gasteiger partial charge in [-0.15, -0.1) is 0 Å². The molecule has 7 nitrogen and oxygen atoms in total. The number of amides is 2. The average molecular weight is 479 g/mol. The first-order valence-electron chi connectivity index (χ1n) is 12.4. The molecule has 1 aromatic heterocycles. The van der Waals surface area contributed by atoms with E-state index in [1.54, 1.807) is 22.6 Å². The number of hydrogen-bond acceptors (Lipinski definition) is 4. The van der Waals surface area contributed by atoms with Crippen molar-refractivity contribution in [2.75, 3.05) is 25.6 Å². The topological polar surface area (TPSA) is 76.5 Å². The lowest BCUT2D eigenvalue weighted by atomic mass is 10.0. The second kappa shape index (κ2) is 12.0. The molecule has 0 aliphatic carbocycles. The van der Waals surface area contributed by atoms with Gasteiger partial charge in [-0.3, -0.25) is 9.36 Å². The fraction of sp³-hybridized carbons (Fsp3) is 0.464. The number of urea groups is 1. The number of nitrogens with one attached hydrogen (secondary N) is 1. The van der Waals surface area contributed by atoms with E-state index in [0.29, 0.717) is 48.8 Å². The Morgan fingerprint density at radius 3 is 2.37 bits per heavy atom. The van der Waals surface area contributed by atoms with E-state index in [4.69, 9.17) is 9.72 Å². The van der Waals surface area contributed by atoms with Gasteiger partial charge in [0, 0.05) is 19.3 Å². The number of benzene rings is 2. The third-order valence-corrected chi connectivity index (χ3v) is 6.12. The summed E-state index contributed by atoms with van der Waals surface area (Å²) in [6, 6.07) is 14.7. The van der Waals surface area contributed by atoms with Gasteiger partial charge in [-0.2, -0.15) is 0 Å². The van der Waals surface area contributed by atoms with Gasteiger partial charge in [-0.05, 0) is 48.1 Å². The van der Waals surface area contributed by atoms with Gasteiger partial charge < -0.3 is 15.0 Å². The van der Waals surface area contributed by atoms with Crippen LogP contribution in [0.4, 0.5) is 10.5 Å². The predicted molar refractivity (Wildman–Crippen MR) is 142 cm³/mol. The highest BCUT2D eigenvalue weighted by atomic mass is 16.5. The van der Waals surface area contributed by atoms with Gasteiger partial charge >= 0.3 is 6.03 Å². The Kier molecular flexibility index (Phi) is 9.04. The Labute approximate surface area is 208 Å². The summed E-state index contributed by atoms with van der Waals surface area (Å²) in [5.74, 6) is 1.24. The van der Waals surface area contributed by atoms with E-state index in [9.17, 15) is 9.59 Å². The van der Waals surface area contributed by atoms with Crippen molar-refractivity contribution < 1.29 is 9.53 Å². The molecule has 188 valence electrons. The molecular weight excluding hydrogens is 440 g/mol. The molecule has 2 amide bonds. The maximum atomic E-state index is 13.6. The number of aromatic nitrogens is 2. The van der Waals surface area contributed by atoms with Gasteiger partial charge in [0.15, 0.2) is 0 Å². The number of hydrogen-bond donors (Lipinski definition) is 1. The third-order valence-electron chi connectivity index (χ3n) is 6.12. The van der Waals surface area contributed by atoms with Crippen molar-refractivity contribution in [1.29, 1.82) is 0 Å². The van der Waals surface area contributed by atoms with Gasteiger partial charge in [-0.1, -0.05) is 58.9 Å². The number of ether oxygens (including phenoxy) is 1. The molecule has 3 aromatic rings. The van der Waals surface area contributed by atoms with Crippen LogP contribution in [-0.2, 0) is 11.3 Å². The molecule has 0 saturated heterocycles. The Morgan fingerprint density at radius 2 is 1.77 bits per heavy atom. The molecule has 2 aromatic carbocycles. The summed E-state index contributed by atoms with van der Waals surface area (Å²) in [7, 11) is 1.61. The first-order chi connectivity index (χ1) is 16.8. The smallest absolute Gasteiger partial charge is 0.322 e. The highest BCUT2D eigenvalue weighted by Crippen LogP contribution is 2.26. The van der Waals surface area contributed by atoms with Crippen molar-refractivity contribution in [2.24, 2.45) is 5.92 Å². The van der Waals surface area contributed by atoms with Gasteiger partial charge in [0.2, 0.25) is 0 Å². The minimum Gasteiger partial charge on any atom is -0.383 e. The summed E-state index contributed by atoms with van der Waals surface area (Å²) < 4.78 is 6.94. The zero-order valence-corrected chi connectivity index (χ0v) is 21.7. The highest BCUT2D eigenvalue weighted by molar-refractivity contribution is 5.89. The Hall–Kier alpha value is -3.19. The van der Waals surface area contributed by atoms with Crippen LogP contribution in [0, 0.1) is 5.92 Å². The lowest BCUT2D eigenvalue weighted by Crippen LogP contribution is -2.43. The number of nitrogens with zero attached hydrogens (tertiary/aromatic N) is 3. The normalized spacial score (nSPS) is 12.3. The lowest BCUT2D eigenvalue weighted by Gasteiger charge is -2.33. The van der Waals surface area contributed by atoms with Crippen LogP contribution >= 0.6 is 0 Å². The SMILES string of the molecule is CCC(c1nc2ccccc2c(=O)n1CCOC)N(CC(C)C)C(=O)Nc1ccc(C(C)C)cc1. The van der Waals surface area contributed by atoms with Crippen molar-refractivity contribution >= 4 is 22.6 Å². The van der Waals surface area contributed by atoms with Gasteiger partial charge in [-0.25, -0.2) is 9.78 Å². The summed E-state index contributed by atoms with van der Waals surface area (Å²) in [6.07, 6.45) is 0.615. The lowest BCUT2D eigenvalue weighted by molar-refractivity contribution is 0.162. The van der Waals surface area contributed by atoms with Gasteiger partial charge in [0.05, 0.1) is 30.1 Å². The summed E-state index contributed by atoms with van der Waals surface area (Å²) in [4.78, 5) is 33.7. The van der Waals surface area contributed by atoms with Crippen LogP contribution in [0.15, 0.2) is 53.3 Å². The molecule has 0 radical (unpaired) electrons. The van der Waals surface area contributed by atoms with Crippen LogP contribution in [-0.4, -0.2) is 40.7 Å². The standard InChI is InChI=1S/C28H38N4O3/c1-7-25(26-30-24-11-9-8-10-23(24)27(33)31(26)16-17-35-6)32(18-19(2)3)28(34)29-22-14-12-21(13-15-22)20(4)5/h8-15,19-20,25H,7,16-18H2,1-6H3,(H,29,34). The van der Waals surface area contributed by atoms with Crippen LogP contribution < -0.4 is 10.9 Å². The van der Waals surface area contributed by atoms with Gasteiger partial charge in [0.1, 0.15) is 5.82 Å². The van der Waals surface area contributed by atoms with Crippen LogP contribution in [0.5, 0.6) is 0 Å². The van der Waals surface area contributed by atoms with E-state index in [2.05, 4.69) is 33.0 Å². The molecule has 0 saturated carbocycles. The second-order valence-electron chi connectivity index (χ2n) is 9.61. The Balaban J connectivity index is 2.04. The van der Waals surface area contributed by atoms with E-state index < -0.39 is 0 Å². The van der Waals surface area contributed by atoms with Crippen LogP contribution in [0.25, 0.3) is 10.9 Å². The number of para-hydroxylation sites is 1. The van der Waals surface area contributed by atoms with Crippen LogP contribution in [0.1, 0.15) is 64.4 Å². The molecule has 1 unspecified atom stereocenters. The maximum absolute atomic E-state index is 13.6. The van der Waals surface area contributed by atoms with Crippen molar-refractivity contribution in [1.82, 2.24) is 14.5 Å². The molecule has 1 heterocycles. The van der Waals surface area contributed by atoms with Crippen molar-refractivity contribution in [3.05, 3.63) is 70.3 Å². The van der Waals surface area contributed by atoms with E-state index in [1.807, 2.05) is 49.4 Å². The number of anilines is 1. The quantitative estimate of drug-likeness (QED) is 0.399. The Morgan fingerprint density at radius 1 is 1.09 bits per heavy atom. The maximum Gasteiger partial charge on any atom is 0.322 e. The third kappa shape index (κ3) is 6.28. The molecule has 0 aliphatic rings. The first kappa shape index (κ1) is 26.4. The van der Waals surface area contributed by atoms with Crippen LogP contribution in [0.3, 0.4) is 0 Å². The zero-order valence-electron chi connectivity index (χ0n) is 21.7. The predicted octanol–water partition coefficient (Wildman–Crippen LogP) is 5.81. The monoisotopic (exact) mass is 478 g/mol. The molecule has 0 spiro atoms. The number of carbonyl (C=O) groups excluding carboxylic acids is 1. The number of methoxy groups -OCH3 is 1. The van der Waals surface area contributed by atoms with Crippen molar-refractivity contribution in [3.8, 4) is 0 Å². The van der Waals surface area contributed by atoms with Gasteiger partial charge in [0.25, 0.3) is 5.56 Å². The average Bonchev–Trinajstić information content (AvgIpc) is 2.83. The summed E-state index contributed by atoms with van der Waals surface area (Å²) in [6.45, 7) is 11.7. The van der Waals surface area contributed by atoms with Crippen molar-refractivity contribution in [3.63, 3.8) is 0 Å². The van der Waals surface area contributed by atoms with E-state index in [0.717, 1.165) is 5.69 Å². The molecule has 35 heavy (non-hydrogen) atoms. The number of carbonyl (C=O) groups is 1.